The van der Waals surface area contributed by atoms with Crippen LogP contribution >= 0.6 is 11.6 Å². The van der Waals surface area contributed by atoms with Crippen LogP contribution < -0.4 is 5.32 Å². The summed E-state index contributed by atoms with van der Waals surface area (Å²) in [6, 6.07) is 15.2. The summed E-state index contributed by atoms with van der Waals surface area (Å²) in [7, 11) is 0. The molecule has 2 aromatic carbocycles. The summed E-state index contributed by atoms with van der Waals surface area (Å²) in [6.07, 6.45) is 0. The number of hydrogen-bond donors (Lipinski definition) is 1. The second-order valence-electron chi connectivity index (χ2n) is 5.76. The summed E-state index contributed by atoms with van der Waals surface area (Å²) in [5.41, 5.74) is 1.84. The van der Waals surface area contributed by atoms with Crippen LogP contribution in [0, 0.1) is 18.3 Å². The molecule has 0 saturated heterocycles. The van der Waals surface area contributed by atoms with Gasteiger partial charge in [-0.15, -0.1) is 0 Å². The van der Waals surface area contributed by atoms with Crippen molar-refractivity contribution in [2.75, 3.05) is 11.9 Å². The van der Waals surface area contributed by atoms with Gasteiger partial charge in [-0.3, -0.25) is 4.79 Å². The molecule has 0 radical (unpaired) electrons. The van der Waals surface area contributed by atoms with Crippen molar-refractivity contribution in [3.05, 3.63) is 70.4 Å². The monoisotopic (exact) mass is 395 g/mol. The van der Waals surface area contributed by atoms with Crippen LogP contribution in [0.15, 0.2) is 53.1 Å². The maximum atomic E-state index is 12.5. The van der Waals surface area contributed by atoms with Gasteiger partial charge < -0.3 is 14.6 Å². The van der Waals surface area contributed by atoms with Crippen LogP contribution in [0.5, 0.6) is 0 Å². The second kappa shape index (κ2) is 8.37. The molecular formula is C20H14ClN3O4. The molecule has 28 heavy (non-hydrogen) atoms. The Morgan fingerprint density at radius 3 is 2.61 bits per heavy atom. The second-order valence-corrected chi connectivity index (χ2v) is 6.16. The standard InChI is InChI=1S/C20H14ClN3O4/c1-12-18(19(24-28-12)15-4-2-3-5-16(15)21)20(26)27-11-17(25)23-14-8-6-13(10-22)7-9-14/h2-9H,11H2,1H3,(H,23,25). The van der Waals surface area contributed by atoms with Gasteiger partial charge in [-0.2, -0.15) is 5.26 Å². The summed E-state index contributed by atoms with van der Waals surface area (Å²) in [6.45, 7) is 1.08. The molecular weight excluding hydrogens is 382 g/mol. The quantitative estimate of drug-likeness (QED) is 0.655. The van der Waals surface area contributed by atoms with Crippen LogP contribution in [0.4, 0.5) is 5.69 Å². The first-order chi connectivity index (χ1) is 13.5. The van der Waals surface area contributed by atoms with E-state index in [1.54, 1.807) is 55.5 Å². The average Bonchev–Trinajstić information content (AvgIpc) is 3.08. The van der Waals surface area contributed by atoms with E-state index in [9.17, 15) is 9.59 Å². The number of esters is 1. The molecule has 1 aromatic heterocycles. The first kappa shape index (κ1) is 19.1. The zero-order chi connectivity index (χ0) is 20.1. The van der Waals surface area contributed by atoms with Crippen molar-refractivity contribution in [1.29, 1.82) is 5.26 Å². The Labute approximate surface area is 165 Å². The lowest BCUT2D eigenvalue weighted by atomic mass is 10.1. The highest BCUT2D eigenvalue weighted by atomic mass is 35.5. The number of ether oxygens (including phenoxy) is 1. The van der Waals surface area contributed by atoms with Gasteiger partial charge >= 0.3 is 5.97 Å². The highest BCUT2D eigenvalue weighted by Gasteiger charge is 2.24. The first-order valence-electron chi connectivity index (χ1n) is 8.18. The average molecular weight is 396 g/mol. The third kappa shape index (κ3) is 4.19. The predicted molar refractivity (Wildman–Crippen MR) is 102 cm³/mol. The van der Waals surface area contributed by atoms with Crippen LogP contribution in [-0.4, -0.2) is 23.6 Å². The third-order valence-electron chi connectivity index (χ3n) is 3.83. The Balaban J connectivity index is 1.68. The van der Waals surface area contributed by atoms with E-state index in [-0.39, 0.29) is 17.0 Å². The minimum Gasteiger partial charge on any atom is -0.452 e. The van der Waals surface area contributed by atoms with Crippen LogP contribution in [0.25, 0.3) is 11.3 Å². The molecule has 1 N–H and O–H groups in total. The van der Waals surface area contributed by atoms with Gasteiger partial charge in [0.05, 0.1) is 16.7 Å². The van der Waals surface area contributed by atoms with Crippen molar-refractivity contribution < 1.29 is 18.8 Å². The van der Waals surface area contributed by atoms with Gasteiger partial charge in [-0.25, -0.2) is 4.79 Å². The molecule has 0 atom stereocenters. The van der Waals surface area contributed by atoms with Crippen molar-refractivity contribution in [3.8, 4) is 17.3 Å². The molecule has 0 aliphatic heterocycles. The Hall–Kier alpha value is -3.63. The maximum absolute atomic E-state index is 12.5. The lowest BCUT2D eigenvalue weighted by Gasteiger charge is -2.07. The van der Waals surface area contributed by atoms with Gasteiger partial charge in [0.2, 0.25) is 0 Å². The number of hydrogen-bond acceptors (Lipinski definition) is 6. The van der Waals surface area contributed by atoms with E-state index in [0.717, 1.165) is 0 Å². The summed E-state index contributed by atoms with van der Waals surface area (Å²) in [5.74, 6) is -1.01. The number of nitriles is 1. The SMILES string of the molecule is Cc1onc(-c2ccccc2Cl)c1C(=O)OCC(=O)Nc1ccc(C#N)cc1. The van der Waals surface area contributed by atoms with E-state index in [0.29, 0.717) is 21.8 Å². The molecule has 1 amide bonds. The Morgan fingerprint density at radius 1 is 1.21 bits per heavy atom. The molecule has 1 heterocycles. The van der Waals surface area contributed by atoms with E-state index >= 15 is 0 Å². The van der Waals surface area contributed by atoms with Crippen molar-refractivity contribution in [2.24, 2.45) is 0 Å². The highest BCUT2D eigenvalue weighted by Crippen LogP contribution is 2.31. The molecule has 0 bridgehead atoms. The molecule has 0 spiro atoms. The van der Waals surface area contributed by atoms with E-state index < -0.39 is 18.5 Å². The fourth-order valence-electron chi connectivity index (χ4n) is 2.48. The molecule has 0 fully saturated rings. The lowest BCUT2D eigenvalue weighted by Crippen LogP contribution is -2.21. The minimum absolute atomic E-state index is 0.110. The van der Waals surface area contributed by atoms with E-state index in [1.165, 1.54) is 0 Å². The highest BCUT2D eigenvalue weighted by molar-refractivity contribution is 6.33. The van der Waals surface area contributed by atoms with Gasteiger partial charge in [0.25, 0.3) is 5.91 Å². The van der Waals surface area contributed by atoms with E-state index in [2.05, 4.69) is 10.5 Å². The molecule has 0 aliphatic carbocycles. The van der Waals surface area contributed by atoms with Crippen LogP contribution in [-0.2, 0) is 9.53 Å². The number of benzene rings is 2. The Morgan fingerprint density at radius 2 is 1.93 bits per heavy atom. The van der Waals surface area contributed by atoms with Gasteiger partial charge in [-0.1, -0.05) is 35.0 Å². The molecule has 0 aliphatic rings. The number of anilines is 1. The van der Waals surface area contributed by atoms with Crippen LogP contribution in [0.1, 0.15) is 21.7 Å². The van der Waals surface area contributed by atoms with Crippen molar-refractivity contribution in [2.45, 2.75) is 6.92 Å². The number of amides is 1. The minimum atomic E-state index is -0.747. The zero-order valence-corrected chi connectivity index (χ0v) is 15.5. The third-order valence-corrected chi connectivity index (χ3v) is 4.16. The molecule has 0 unspecified atom stereocenters. The van der Waals surface area contributed by atoms with Gasteiger partial charge in [0, 0.05) is 11.3 Å². The number of rotatable bonds is 5. The number of aromatic nitrogens is 1. The van der Waals surface area contributed by atoms with Crippen LogP contribution in [0.2, 0.25) is 5.02 Å². The lowest BCUT2D eigenvalue weighted by molar-refractivity contribution is -0.119. The molecule has 7 nitrogen and oxygen atoms in total. The molecule has 3 aromatic rings. The Bertz CT molecular complexity index is 1070. The molecule has 140 valence electrons. The van der Waals surface area contributed by atoms with Crippen molar-refractivity contribution >= 4 is 29.2 Å². The number of halogens is 1. The van der Waals surface area contributed by atoms with Crippen LogP contribution in [0.3, 0.4) is 0 Å². The normalized spacial score (nSPS) is 10.2. The van der Waals surface area contributed by atoms with Gasteiger partial charge in [-0.05, 0) is 37.3 Å². The van der Waals surface area contributed by atoms with E-state index in [4.69, 9.17) is 26.1 Å². The molecule has 3 rings (SSSR count). The van der Waals surface area contributed by atoms with Crippen molar-refractivity contribution in [3.63, 3.8) is 0 Å². The predicted octanol–water partition coefficient (Wildman–Crippen LogP) is 3.97. The topological polar surface area (TPSA) is 105 Å². The summed E-state index contributed by atoms with van der Waals surface area (Å²) in [5, 5.41) is 15.7. The summed E-state index contributed by atoms with van der Waals surface area (Å²) < 4.78 is 10.2. The van der Waals surface area contributed by atoms with Gasteiger partial charge in [0.15, 0.2) is 6.61 Å². The number of aryl methyl sites for hydroxylation is 1. The first-order valence-corrected chi connectivity index (χ1v) is 8.55. The van der Waals surface area contributed by atoms with Gasteiger partial charge in [0.1, 0.15) is 17.0 Å². The Kier molecular flexibility index (Phi) is 5.72. The smallest absolute Gasteiger partial charge is 0.344 e. The fourth-order valence-corrected chi connectivity index (χ4v) is 2.70. The largest absolute Gasteiger partial charge is 0.452 e. The number of nitrogens with zero attached hydrogens (tertiary/aromatic N) is 2. The number of nitrogens with one attached hydrogen (secondary N) is 1. The zero-order valence-electron chi connectivity index (χ0n) is 14.7. The van der Waals surface area contributed by atoms with Crippen molar-refractivity contribution in [1.82, 2.24) is 5.16 Å². The fraction of sp³-hybridized carbons (Fsp3) is 0.100. The number of carbonyl (C=O) groups excluding carboxylic acids is 2. The molecule has 8 heteroatoms. The summed E-state index contributed by atoms with van der Waals surface area (Å²) in [4.78, 5) is 24.5. The maximum Gasteiger partial charge on any atom is 0.344 e. The molecule has 0 saturated carbocycles. The number of carbonyl (C=O) groups is 2. The van der Waals surface area contributed by atoms with E-state index in [1.807, 2.05) is 6.07 Å². The summed E-state index contributed by atoms with van der Waals surface area (Å²) >= 11 is 6.17.